The van der Waals surface area contributed by atoms with Crippen LogP contribution in [-0.4, -0.2) is 0 Å². The zero-order valence-corrected chi connectivity index (χ0v) is 9.53. The molecule has 1 aliphatic heterocycles. The molecule has 1 heteroatoms. The Balaban J connectivity index is 2.34. The fourth-order valence-electron chi connectivity index (χ4n) is 3.00. The van der Waals surface area contributed by atoms with Gasteiger partial charge in [-0.1, -0.05) is 48.5 Å². The van der Waals surface area contributed by atoms with Crippen molar-refractivity contribution < 1.29 is 0 Å². The third-order valence-corrected chi connectivity index (χ3v) is 3.76. The summed E-state index contributed by atoms with van der Waals surface area (Å²) in [6.07, 6.45) is 0. The molecule has 0 aliphatic carbocycles. The van der Waals surface area contributed by atoms with Gasteiger partial charge in [0, 0.05) is 13.1 Å². The number of rotatable bonds is 0. The highest BCUT2D eigenvalue weighted by molar-refractivity contribution is 6.10. The summed E-state index contributed by atoms with van der Waals surface area (Å²) in [6.45, 7) is 2.00. The van der Waals surface area contributed by atoms with Crippen LogP contribution in [0.15, 0.2) is 48.5 Å². The maximum atomic E-state index is 3.47. The van der Waals surface area contributed by atoms with Gasteiger partial charge in [0.1, 0.15) is 0 Å². The third-order valence-electron chi connectivity index (χ3n) is 3.76. The fraction of sp³-hybridized carbons (Fsp3) is 0.125. The van der Waals surface area contributed by atoms with Gasteiger partial charge in [-0.25, -0.2) is 0 Å². The molecule has 1 N–H and O–H groups in total. The molecule has 1 nitrogen and oxygen atoms in total. The molecule has 0 saturated carbocycles. The number of benzene rings is 3. The first kappa shape index (κ1) is 9.20. The van der Waals surface area contributed by atoms with Gasteiger partial charge in [0.15, 0.2) is 0 Å². The summed E-state index contributed by atoms with van der Waals surface area (Å²) in [5, 5.41) is 9.05. The summed E-state index contributed by atoms with van der Waals surface area (Å²) in [4.78, 5) is 0. The van der Waals surface area contributed by atoms with Gasteiger partial charge in [0.25, 0.3) is 0 Å². The normalized spacial score (nSPS) is 14.4. The van der Waals surface area contributed by atoms with Crippen LogP contribution < -0.4 is 5.32 Å². The average molecular weight is 219 g/mol. The SMILES string of the molecule is c1ccc2c(c1)c1c(c3ccccc32)CNC1. The molecule has 0 bridgehead atoms. The lowest BCUT2D eigenvalue weighted by molar-refractivity contribution is 0.767. The minimum atomic E-state index is 1.00. The smallest absolute Gasteiger partial charge is 0.0218 e. The van der Waals surface area contributed by atoms with Crippen LogP contribution in [0.5, 0.6) is 0 Å². The lowest BCUT2D eigenvalue weighted by atomic mass is 9.93. The Morgan fingerprint density at radius 1 is 0.588 bits per heavy atom. The number of nitrogens with one attached hydrogen (secondary N) is 1. The third kappa shape index (κ3) is 1.17. The molecule has 0 amide bonds. The minimum Gasteiger partial charge on any atom is -0.309 e. The molecule has 1 aliphatic rings. The summed E-state index contributed by atoms with van der Waals surface area (Å²) in [5.74, 6) is 0. The Kier molecular flexibility index (Phi) is 1.79. The first-order valence-corrected chi connectivity index (χ1v) is 6.07. The second-order valence-corrected chi connectivity index (χ2v) is 4.65. The molecule has 1 heterocycles. The predicted octanol–water partition coefficient (Wildman–Crippen LogP) is 3.60. The van der Waals surface area contributed by atoms with Crippen LogP contribution in [0.25, 0.3) is 21.5 Å². The van der Waals surface area contributed by atoms with E-state index in [0.29, 0.717) is 0 Å². The van der Waals surface area contributed by atoms with Gasteiger partial charge in [-0.05, 0) is 32.7 Å². The summed E-state index contributed by atoms with van der Waals surface area (Å²) in [5.41, 5.74) is 2.97. The Hall–Kier alpha value is -1.86. The van der Waals surface area contributed by atoms with Gasteiger partial charge in [-0.2, -0.15) is 0 Å². The van der Waals surface area contributed by atoms with E-state index in [2.05, 4.69) is 53.8 Å². The van der Waals surface area contributed by atoms with E-state index in [9.17, 15) is 0 Å². The highest BCUT2D eigenvalue weighted by atomic mass is 14.9. The summed E-state index contributed by atoms with van der Waals surface area (Å²) in [6, 6.07) is 17.5. The van der Waals surface area contributed by atoms with Crippen molar-refractivity contribution in [1.82, 2.24) is 5.32 Å². The Morgan fingerprint density at radius 2 is 1.00 bits per heavy atom. The highest BCUT2D eigenvalue weighted by Gasteiger charge is 2.17. The average Bonchev–Trinajstić information content (AvgIpc) is 2.89. The molecule has 3 aromatic rings. The molecular weight excluding hydrogens is 206 g/mol. The zero-order chi connectivity index (χ0) is 11.2. The van der Waals surface area contributed by atoms with Crippen molar-refractivity contribution in [2.75, 3.05) is 0 Å². The quantitative estimate of drug-likeness (QED) is 0.570. The van der Waals surface area contributed by atoms with E-state index in [1.54, 1.807) is 0 Å². The first-order valence-electron chi connectivity index (χ1n) is 6.07. The van der Waals surface area contributed by atoms with E-state index < -0.39 is 0 Å². The van der Waals surface area contributed by atoms with Crippen LogP contribution in [0.1, 0.15) is 11.1 Å². The fourth-order valence-corrected chi connectivity index (χ4v) is 3.00. The van der Waals surface area contributed by atoms with Crippen molar-refractivity contribution in [2.24, 2.45) is 0 Å². The second-order valence-electron chi connectivity index (χ2n) is 4.65. The molecule has 17 heavy (non-hydrogen) atoms. The van der Waals surface area contributed by atoms with E-state index in [0.717, 1.165) is 13.1 Å². The summed E-state index contributed by atoms with van der Waals surface area (Å²) < 4.78 is 0. The Labute approximate surface area is 100 Å². The summed E-state index contributed by atoms with van der Waals surface area (Å²) >= 11 is 0. The molecular formula is C16H13N. The van der Waals surface area contributed by atoms with Crippen molar-refractivity contribution in [3.05, 3.63) is 59.7 Å². The first-order chi connectivity index (χ1) is 8.45. The van der Waals surface area contributed by atoms with Gasteiger partial charge in [-0.15, -0.1) is 0 Å². The molecule has 0 atom stereocenters. The molecule has 0 aromatic heterocycles. The Morgan fingerprint density at radius 3 is 1.47 bits per heavy atom. The summed E-state index contributed by atoms with van der Waals surface area (Å²) in [7, 11) is 0. The molecule has 4 rings (SSSR count). The molecule has 0 unspecified atom stereocenters. The van der Waals surface area contributed by atoms with Gasteiger partial charge in [0.05, 0.1) is 0 Å². The van der Waals surface area contributed by atoms with E-state index in [4.69, 9.17) is 0 Å². The molecule has 0 saturated heterocycles. The molecule has 0 spiro atoms. The van der Waals surface area contributed by atoms with Gasteiger partial charge in [-0.3, -0.25) is 0 Å². The van der Waals surface area contributed by atoms with Gasteiger partial charge < -0.3 is 5.32 Å². The number of hydrogen-bond donors (Lipinski definition) is 1. The lowest BCUT2D eigenvalue weighted by Crippen LogP contribution is -2.00. The highest BCUT2D eigenvalue weighted by Crippen LogP contribution is 2.34. The van der Waals surface area contributed by atoms with Crippen LogP contribution in [-0.2, 0) is 13.1 Å². The number of hydrogen-bond acceptors (Lipinski definition) is 1. The maximum Gasteiger partial charge on any atom is 0.0218 e. The van der Waals surface area contributed by atoms with Crippen molar-refractivity contribution in [2.45, 2.75) is 13.1 Å². The van der Waals surface area contributed by atoms with E-state index in [1.807, 2.05) is 0 Å². The standard InChI is InChI=1S/C16H13N/c1-3-7-13-11(5-1)12-6-2-4-8-14(12)16-10-17-9-15(13)16/h1-8,17H,9-10H2. The molecule has 0 radical (unpaired) electrons. The van der Waals surface area contributed by atoms with Crippen LogP contribution in [0, 0.1) is 0 Å². The molecule has 3 aromatic carbocycles. The second kappa shape index (κ2) is 3.31. The van der Waals surface area contributed by atoms with Crippen LogP contribution in [0.4, 0.5) is 0 Å². The van der Waals surface area contributed by atoms with Crippen molar-refractivity contribution in [3.63, 3.8) is 0 Å². The van der Waals surface area contributed by atoms with E-state index in [1.165, 1.54) is 32.7 Å². The predicted molar refractivity (Wildman–Crippen MR) is 72.0 cm³/mol. The maximum absolute atomic E-state index is 3.47. The van der Waals surface area contributed by atoms with Crippen molar-refractivity contribution in [3.8, 4) is 0 Å². The molecule has 0 fully saturated rings. The largest absolute Gasteiger partial charge is 0.309 e. The van der Waals surface area contributed by atoms with Gasteiger partial charge in [0.2, 0.25) is 0 Å². The van der Waals surface area contributed by atoms with Crippen molar-refractivity contribution in [1.29, 1.82) is 0 Å². The van der Waals surface area contributed by atoms with Crippen molar-refractivity contribution >= 4 is 21.5 Å². The van der Waals surface area contributed by atoms with Crippen LogP contribution >= 0.6 is 0 Å². The zero-order valence-electron chi connectivity index (χ0n) is 9.53. The van der Waals surface area contributed by atoms with Crippen LogP contribution in [0.3, 0.4) is 0 Å². The lowest BCUT2D eigenvalue weighted by Gasteiger charge is -2.10. The van der Waals surface area contributed by atoms with E-state index in [-0.39, 0.29) is 0 Å². The minimum absolute atomic E-state index is 1.00. The Bertz CT molecular complexity index is 665. The van der Waals surface area contributed by atoms with Crippen LogP contribution in [0.2, 0.25) is 0 Å². The topological polar surface area (TPSA) is 12.0 Å². The van der Waals surface area contributed by atoms with Gasteiger partial charge >= 0.3 is 0 Å². The van der Waals surface area contributed by atoms with E-state index >= 15 is 0 Å². The molecule has 82 valence electrons. The monoisotopic (exact) mass is 219 g/mol. The number of fused-ring (bicyclic) bond motifs is 6.